The minimum absolute atomic E-state index is 0.285. The van der Waals surface area contributed by atoms with Crippen molar-refractivity contribution >= 4 is 11.6 Å². The van der Waals surface area contributed by atoms with Crippen molar-refractivity contribution in [2.75, 3.05) is 21.3 Å². The van der Waals surface area contributed by atoms with Crippen LogP contribution in [0.4, 0.5) is 0 Å². The molecule has 7 nitrogen and oxygen atoms in total. The molecule has 0 aliphatic heterocycles. The number of aromatic nitrogens is 1. The van der Waals surface area contributed by atoms with Gasteiger partial charge in [-0.3, -0.25) is 9.78 Å². The maximum absolute atomic E-state index is 12.0. The highest BCUT2D eigenvalue weighted by atomic mass is 16.5. The molecule has 0 radical (unpaired) electrons. The third kappa shape index (κ3) is 3.62. The summed E-state index contributed by atoms with van der Waals surface area (Å²) >= 11 is 0. The Morgan fingerprint density at radius 3 is 2.38 bits per heavy atom. The lowest BCUT2D eigenvalue weighted by Crippen LogP contribution is -2.20. The van der Waals surface area contributed by atoms with Crippen molar-refractivity contribution in [2.45, 2.75) is 6.92 Å². The third-order valence-electron chi connectivity index (χ3n) is 3.32. The van der Waals surface area contributed by atoms with Gasteiger partial charge in [0, 0.05) is 11.8 Å². The normalized spacial score (nSPS) is 10.9. The molecule has 7 heteroatoms. The van der Waals surface area contributed by atoms with Gasteiger partial charge in [-0.25, -0.2) is 5.43 Å². The first-order valence-corrected chi connectivity index (χ1v) is 7.17. The van der Waals surface area contributed by atoms with Gasteiger partial charge in [0.15, 0.2) is 11.5 Å². The number of benzene rings is 1. The number of pyridine rings is 1. The van der Waals surface area contributed by atoms with Gasteiger partial charge in [0.05, 0.1) is 27.0 Å². The molecule has 126 valence electrons. The van der Waals surface area contributed by atoms with Crippen LogP contribution in [-0.4, -0.2) is 37.9 Å². The largest absolute Gasteiger partial charge is 0.493 e. The van der Waals surface area contributed by atoms with Crippen molar-refractivity contribution in [1.82, 2.24) is 10.4 Å². The molecule has 1 heterocycles. The molecule has 0 saturated carbocycles. The van der Waals surface area contributed by atoms with Crippen molar-refractivity contribution in [3.63, 3.8) is 0 Å². The number of hydrazone groups is 1. The molecule has 1 aromatic carbocycles. The van der Waals surface area contributed by atoms with Crippen molar-refractivity contribution < 1.29 is 19.0 Å². The summed E-state index contributed by atoms with van der Waals surface area (Å²) in [7, 11) is 4.60. The van der Waals surface area contributed by atoms with Crippen LogP contribution in [-0.2, 0) is 0 Å². The lowest BCUT2D eigenvalue weighted by molar-refractivity contribution is 0.0950. The van der Waals surface area contributed by atoms with E-state index in [2.05, 4.69) is 15.5 Å². The zero-order valence-electron chi connectivity index (χ0n) is 14.0. The molecule has 0 unspecified atom stereocenters. The molecule has 0 saturated heterocycles. The Morgan fingerprint density at radius 1 is 1.04 bits per heavy atom. The van der Waals surface area contributed by atoms with E-state index in [1.807, 2.05) is 0 Å². The first kappa shape index (κ1) is 17.3. The van der Waals surface area contributed by atoms with Gasteiger partial charge in [-0.2, -0.15) is 5.10 Å². The SMILES string of the molecule is COc1ccc(C(C)=NNC(=O)c2ccccn2)c(OC)c1OC. The molecule has 1 N–H and O–H groups in total. The first-order valence-electron chi connectivity index (χ1n) is 7.17. The minimum Gasteiger partial charge on any atom is -0.493 e. The van der Waals surface area contributed by atoms with Crippen LogP contribution < -0.4 is 19.6 Å². The quantitative estimate of drug-likeness (QED) is 0.649. The fraction of sp³-hybridized carbons (Fsp3) is 0.235. The summed E-state index contributed by atoms with van der Waals surface area (Å²) in [4.78, 5) is 16.0. The summed E-state index contributed by atoms with van der Waals surface area (Å²) in [5.74, 6) is 1.09. The molecule has 0 atom stereocenters. The molecule has 1 aromatic heterocycles. The summed E-state index contributed by atoms with van der Waals surface area (Å²) in [6.45, 7) is 1.75. The Hall–Kier alpha value is -3.09. The van der Waals surface area contributed by atoms with E-state index in [0.29, 0.717) is 28.5 Å². The van der Waals surface area contributed by atoms with Crippen molar-refractivity contribution in [1.29, 1.82) is 0 Å². The number of carbonyl (C=O) groups is 1. The maximum Gasteiger partial charge on any atom is 0.289 e. The first-order chi connectivity index (χ1) is 11.6. The number of rotatable bonds is 6. The van der Waals surface area contributed by atoms with E-state index in [4.69, 9.17) is 14.2 Å². The molecular weight excluding hydrogens is 310 g/mol. The number of hydrogen-bond donors (Lipinski definition) is 1. The van der Waals surface area contributed by atoms with Gasteiger partial charge in [-0.05, 0) is 31.2 Å². The number of methoxy groups -OCH3 is 3. The van der Waals surface area contributed by atoms with E-state index < -0.39 is 5.91 Å². The Morgan fingerprint density at radius 2 is 1.79 bits per heavy atom. The van der Waals surface area contributed by atoms with Crippen molar-refractivity contribution in [2.24, 2.45) is 5.10 Å². The average molecular weight is 329 g/mol. The van der Waals surface area contributed by atoms with Crippen LogP contribution in [0, 0.1) is 0 Å². The topological polar surface area (TPSA) is 82.0 Å². The van der Waals surface area contributed by atoms with Crippen LogP contribution in [0.5, 0.6) is 17.2 Å². The summed E-state index contributed by atoms with van der Waals surface area (Å²) in [5, 5.41) is 4.11. The summed E-state index contributed by atoms with van der Waals surface area (Å²) in [6, 6.07) is 8.61. The van der Waals surface area contributed by atoms with Gasteiger partial charge in [0.25, 0.3) is 5.91 Å². The highest BCUT2D eigenvalue weighted by Crippen LogP contribution is 2.39. The molecular formula is C17H19N3O4. The number of carbonyl (C=O) groups excluding carboxylic acids is 1. The van der Waals surface area contributed by atoms with E-state index in [0.717, 1.165) is 0 Å². The van der Waals surface area contributed by atoms with Gasteiger partial charge >= 0.3 is 0 Å². The van der Waals surface area contributed by atoms with Crippen molar-refractivity contribution in [3.05, 3.63) is 47.8 Å². The van der Waals surface area contributed by atoms with Crippen LogP contribution >= 0.6 is 0 Å². The molecule has 0 aliphatic rings. The van der Waals surface area contributed by atoms with Gasteiger partial charge in [-0.15, -0.1) is 0 Å². The lowest BCUT2D eigenvalue weighted by atomic mass is 10.1. The van der Waals surface area contributed by atoms with Crippen molar-refractivity contribution in [3.8, 4) is 17.2 Å². The van der Waals surface area contributed by atoms with Crippen LogP contribution in [0.1, 0.15) is 23.0 Å². The van der Waals surface area contributed by atoms with E-state index >= 15 is 0 Å². The Balaban J connectivity index is 2.29. The molecule has 0 aliphatic carbocycles. The van der Waals surface area contributed by atoms with Crippen LogP contribution in [0.2, 0.25) is 0 Å². The van der Waals surface area contributed by atoms with Crippen LogP contribution in [0.15, 0.2) is 41.6 Å². The van der Waals surface area contributed by atoms with Crippen LogP contribution in [0.3, 0.4) is 0 Å². The summed E-state index contributed by atoms with van der Waals surface area (Å²) < 4.78 is 16.0. The predicted octanol–water partition coefficient (Wildman–Crippen LogP) is 2.26. The monoisotopic (exact) mass is 329 g/mol. The van der Waals surface area contributed by atoms with Gasteiger partial charge in [-0.1, -0.05) is 6.07 Å². The second-order valence-corrected chi connectivity index (χ2v) is 4.73. The zero-order valence-corrected chi connectivity index (χ0v) is 14.0. The second-order valence-electron chi connectivity index (χ2n) is 4.73. The third-order valence-corrected chi connectivity index (χ3v) is 3.32. The molecule has 0 spiro atoms. The second kappa shape index (κ2) is 7.96. The Kier molecular flexibility index (Phi) is 5.73. The zero-order chi connectivity index (χ0) is 17.5. The maximum atomic E-state index is 12.0. The molecule has 0 fully saturated rings. The number of nitrogens with zero attached hydrogens (tertiary/aromatic N) is 2. The molecule has 1 amide bonds. The number of ether oxygens (including phenoxy) is 3. The van der Waals surface area contributed by atoms with E-state index in [1.165, 1.54) is 14.2 Å². The lowest BCUT2D eigenvalue weighted by Gasteiger charge is -2.15. The van der Waals surface area contributed by atoms with E-state index in [9.17, 15) is 4.79 Å². The number of hydrogen-bond acceptors (Lipinski definition) is 6. The molecule has 2 rings (SSSR count). The minimum atomic E-state index is -0.394. The Bertz CT molecular complexity index is 745. The predicted molar refractivity (Wildman–Crippen MR) is 90.0 cm³/mol. The molecule has 0 bridgehead atoms. The van der Waals surface area contributed by atoms with Gasteiger partial charge in [0.2, 0.25) is 5.75 Å². The smallest absolute Gasteiger partial charge is 0.289 e. The fourth-order valence-electron chi connectivity index (χ4n) is 2.14. The van der Waals surface area contributed by atoms with Gasteiger partial charge in [0.1, 0.15) is 5.69 Å². The van der Waals surface area contributed by atoms with E-state index in [1.54, 1.807) is 50.6 Å². The molecule has 24 heavy (non-hydrogen) atoms. The van der Waals surface area contributed by atoms with E-state index in [-0.39, 0.29) is 5.69 Å². The Labute approximate surface area is 140 Å². The summed E-state index contributed by atoms with van der Waals surface area (Å²) in [5.41, 5.74) is 3.99. The highest BCUT2D eigenvalue weighted by Gasteiger charge is 2.17. The van der Waals surface area contributed by atoms with Crippen LogP contribution in [0.25, 0.3) is 0 Å². The number of amides is 1. The standard InChI is InChI=1S/C17H19N3O4/c1-11(19-20-17(21)13-7-5-6-10-18-13)12-8-9-14(22-2)16(24-4)15(12)23-3/h5-10H,1-4H3,(H,20,21). The fourth-order valence-corrected chi connectivity index (χ4v) is 2.14. The number of nitrogens with one attached hydrogen (secondary N) is 1. The van der Waals surface area contributed by atoms with Gasteiger partial charge < -0.3 is 14.2 Å². The average Bonchev–Trinajstić information content (AvgIpc) is 2.64. The molecule has 2 aromatic rings. The summed E-state index contributed by atoms with van der Waals surface area (Å²) in [6.07, 6.45) is 1.54. The highest BCUT2D eigenvalue weighted by molar-refractivity contribution is 6.03.